The number of benzene rings is 1. The molecule has 0 aliphatic heterocycles. The monoisotopic (exact) mass is 612 g/mol. The van der Waals surface area contributed by atoms with E-state index in [-0.39, 0.29) is 41.1 Å². The van der Waals surface area contributed by atoms with Gasteiger partial charge in [-0.3, -0.25) is 4.79 Å². The largest absolute Gasteiger partial charge is 0.435 e. The second kappa shape index (κ2) is 10.2. The Kier molecular flexibility index (Phi) is 7.57. The van der Waals surface area contributed by atoms with Crippen molar-refractivity contribution in [3.8, 4) is 29.2 Å². The minimum Gasteiger partial charge on any atom is -0.324 e. The van der Waals surface area contributed by atoms with Gasteiger partial charge in [-0.15, -0.1) is 6.42 Å². The lowest BCUT2D eigenvalue weighted by atomic mass is 9.94. The number of amides is 1. The van der Waals surface area contributed by atoms with Crippen LogP contribution in [0.2, 0.25) is 15.2 Å². The van der Waals surface area contributed by atoms with Gasteiger partial charge in [0.15, 0.2) is 0 Å². The fourth-order valence-electron chi connectivity index (χ4n) is 3.83. The van der Waals surface area contributed by atoms with Crippen molar-refractivity contribution in [2.24, 2.45) is 0 Å². The minimum absolute atomic E-state index is 0.0129. The van der Waals surface area contributed by atoms with Gasteiger partial charge in [0.2, 0.25) is 0 Å². The number of pyridine rings is 1. The first-order chi connectivity index (χ1) is 18.1. The molecule has 39 heavy (non-hydrogen) atoms. The molecule has 1 saturated carbocycles. The minimum atomic E-state index is -6.34. The normalized spacial score (nSPS) is 14.3. The van der Waals surface area contributed by atoms with E-state index in [1.54, 1.807) is 0 Å². The molecule has 0 radical (unpaired) electrons. The van der Waals surface area contributed by atoms with E-state index >= 15 is 0 Å². The lowest BCUT2D eigenvalue weighted by molar-refractivity contribution is -0.348. The smallest absolute Gasteiger partial charge is 0.324 e. The number of terminal acetylenes is 1. The standard InChI is InChI=1S/C24H14Cl3F7N4O/c1-2-5-37(15-3-4-15)21(39)16-6-12(9-35-20(16)27)13-10-36-38(11-13)19-17(25)7-14(8-18(19)26)22(28,23(29,30)31)24(32,33)34/h1,6-11,15H,3-5H2. The summed E-state index contributed by atoms with van der Waals surface area (Å²) in [5.41, 5.74) is -7.16. The van der Waals surface area contributed by atoms with Crippen LogP contribution in [0.5, 0.6) is 0 Å². The third-order valence-corrected chi connectivity index (χ3v) is 6.80. The fraction of sp³-hybridized carbons (Fsp3) is 0.292. The highest BCUT2D eigenvalue weighted by Gasteiger charge is 2.73. The first kappa shape index (κ1) is 29.0. The molecule has 0 N–H and O–H groups in total. The van der Waals surface area contributed by atoms with Crippen LogP contribution in [0.3, 0.4) is 0 Å². The van der Waals surface area contributed by atoms with E-state index in [2.05, 4.69) is 16.0 Å². The lowest BCUT2D eigenvalue weighted by Crippen LogP contribution is -2.50. The van der Waals surface area contributed by atoms with E-state index < -0.39 is 39.5 Å². The molecule has 1 aromatic carbocycles. The average Bonchev–Trinajstić information content (AvgIpc) is 3.56. The molecule has 0 unspecified atom stereocenters. The number of alkyl halides is 7. The highest BCUT2D eigenvalue weighted by molar-refractivity contribution is 6.38. The maximum absolute atomic E-state index is 14.5. The molecule has 0 spiro atoms. The Hall–Kier alpha value is -3.01. The average molecular weight is 614 g/mol. The number of carbonyl (C=O) groups is 1. The zero-order chi connectivity index (χ0) is 28.9. The summed E-state index contributed by atoms with van der Waals surface area (Å²) < 4.78 is 94.5. The number of carbonyl (C=O) groups excluding carboxylic acids is 1. The Bertz CT molecular complexity index is 1440. The Labute approximate surface area is 231 Å². The predicted octanol–water partition coefficient (Wildman–Crippen LogP) is 7.42. The number of halogens is 10. The quantitative estimate of drug-likeness (QED) is 0.165. The molecule has 3 aromatic rings. The van der Waals surface area contributed by atoms with Crippen molar-refractivity contribution >= 4 is 40.7 Å². The summed E-state index contributed by atoms with van der Waals surface area (Å²) in [4.78, 5) is 18.6. The predicted molar refractivity (Wildman–Crippen MR) is 130 cm³/mol. The molecule has 4 rings (SSSR count). The molecule has 206 valence electrons. The fourth-order valence-corrected chi connectivity index (χ4v) is 4.67. The molecule has 0 saturated heterocycles. The summed E-state index contributed by atoms with van der Waals surface area (Å²) >= 11 is 18.1. The summed E-state index contributed by atoms with van der Waals surface area (Å²) in [6, 6.07) is 1.79. The zero-order valence-corrected chi connectivity index (χ0v) is 21.5. The van der Waals surface area contributed by atoms with Crippen LogP contribution < -0.4 is 0 Å². The lowest BCUT2D eigenvalue weighted by Gasteiger charge is -2.30. The van der Waals surface area contributed by atoms with Gasteiger partial charge in [-0.2, -0.15) is 31.4 Å². The third kappa shape index (κ3) is 5.27. The molecule has 0 atom stereocenters. The van der Waals surface area contributed by atoms with Gasteiger partial charge < -0.3 is 4.90 Å². The van der Waals surface area contributed by atoms with E-state index in [4.69, 9.17) is 41.2 Å². The Morgan fingerprint density at radius 3 is 2.10 bits per heavy atom. The van der Waals surface area contributed by atoms with Crippen molar-refractivity contribution in [1.29, 1.82) is 0 Å². The van der Waals surface area contributed by atoms with Gasteiger partial charge in [-0.25, -0.2) is 14.1 Å². The van der Waals surface area contributed by atoms with Crippen LogP contribution >= 0.6 is 34.8 Å². The third-order valence-electron chi connectivity index (χ3n) is 5.92. The first-order valence-electron chi connectivity index (χ1n) is 10.9. The molecule has 15 heteroatoms. The van der Waals surface area contributed by atoms with Gasteiger partial charge in [-0.05, 0) is 31.0 Å². The van der Waals surface area contributed by atoms with Crippen molar-refractivity contribution in [1.82, 2.24) is 19.7 Å². The van der Waals surface area contributed by atoms with Gasteiger partial charge in [0.25, 0.3) is 5.91 Å². The second-order valence-electron chi connectivity index (χ2n) is 8.55. The van der Waals surface area contributed by atoms with E-state index in [1.807, 2.05) is 0 Å². The van der Waals surface area contributed by atoms with E-state index in [9.17, 15) is 35.5 Å². The van der Waals surface area contributed by atoms with Crippen molar-refractivity contribution < 1.29 is 35.5 Å². The molecule has 1 amide bonds. The number of rotatable bonds is 6. The van der Waals surface area contributed by atoms with Gasteiger partial charge in [0.05, 0.1) is 28.4 Å². The summed E-state index contributed by atoms with van der Waals surface area (Å²) in [6.07, 6.45) is -1.88. The summed E-state index contributed by atoms with van der Waals surface area (Å²) in [6.45, 7) is 0.0673. The summed E-state index contributed by atoms with van der Waals surface area (Å²) in [5, 5.41) is 2.45. The molecule has 5 nitrogen and oxygen atoms in total. The van der Waals surface area contributed by atoms with Crippen LogP contribution in [0, 0.1) is 12.3 Å². The van der Waals surface area contributed by atoms with Gasteiger partial charge >= 0.3 is 18.0 Å². The van der Waals surface area contributed by atoms with Crippen LogP contribution in [0.15, 0.2) is 36.8 Å². The maximum atomic E-state index is 14.5. The van der Waals surface area contributed by atoms with Crippen molar-refractivity contribution in [3.05, 3.63) is 63.1 Å². The van der Waals surface area contributed by atoms with Gasteiger partial charge in [0, 0.05) is 35.1 Å². The molecular weight excluding hydrogens is 600 g/mol. The van der Waals surface area contributed by atoms with E-state index in [1.165, 1.54) is 29.6 Å². The maximum Gasteiger partial charge on any atom is 0.435 e. The van der Waals surface area contributed by atoms with Crippen LogP contribution in [-0.4, -0.2) is 50.5 Å². The van der Waals surface area contributed by atoms with E-state index in [0.29, 0.717) is 11.1 Å². The van der Waals surface area contributed by atoms with Gasteiger partial charge in [-0.1, -0.05) is 40.7 Å². The molecule has 1 fully saturated rings. The number of nitrogens with zero attached hydrogens (tertiary/aromatic N) is 4. The zero-order valence-electron chi connectivity index (χ0n) is 19.2. The van der Waals surface area contributed by atoms with Crippen LogP contribution in [-0.2, 0) is 5.67 Å². The highest BCUT2D eigenvalue weighted by atomic mass is 35.5. The SMILES string of the molecule is C#CCN(C(=O)c1cc(-c2cnn(-c3c(Cl)cc(C(F)(C(F)(F)F)C(F)(F)F)cc3Cl)c2)cnc1Cl)C1CC1. The summed E-state index contributed by atoms with van der Waals surface area (Å²) in [7, 11) is 0. The number of hydrogen-bond acceptors (Lipinski definition) is 3. The molecular formula is C24H14Cl3F7N4O. The Balaban J connectivity index is 1.71. The Morgan fingerprint density at radius 2 is 1.59 bits per heavy atom. The molecule has 2 heterocycles. The van der Waals surface area contributed by atoms with Crippen LogP contribution in [0.4, 0.5) is 30.7 Å². The highest BCUT2D eigenvalue weighted by Crippen LogP contribution is 2.54. The number of hydrogen-bond donors (Lipinski definition) is 0. The van der Waals surface area contributed by atoms with Crippen molar-refractivity contribution in [2.75, 3.05) is 6.54 Å². The molecule has 1 aliphatic carbocycles. The Morgan fingerprint density at radius 1 is 1.00 bits per heavy atom. The topological polar surface area (TPSA) is 51.0 Å². The summed E-state index contributed by atoms with van der Waals surface area (Å²) in [5.74, 6) is 1.99. The molecule has 2 aromatic heterocycles. The van der Waals surface area contributed by atoms with Crippen LogP contribution in [0.1, 0.15) is 28.8 Å². The second-order valence-corrected chi connectivity index (χ2v) is 9.72. The van der Waals surface area contributed by atoms with E-state index in [0.717, 1.165) is 17.5 Å². The number of aromatic nitrogens is 3. The van der Waals surface area contributed by atoms with Crippen LogP contribution in [0.25, 0.3) is 16.8 Å². The van der Waals surface area contributed by atoms with Crippen molar-refractivity contribution in [3.63, 3.8) is 0 Å². The van der Waals surface area contributed by atoms with Gasteiger partial charge in [0.1, 0.15) is 10.8 Å². The first-order valence-corrected chi connectivity index (χ1v) is 12.0. The molecule has 1 aliphatic rings. The van der Waals surface area contributed by atoms with Crippen molar-refractivity contribution in [2.45, 2.75) is 36.9 Å². The molecule has 0 bridgehead atoms.